The molecule has 3 aliphatic carbocycles. The molecule has 0 aliphatic heterocycles. The number of fused-ring (bicyclic) bond motifs is 1. The molecule has 0 aromatic carbocycles. The van der Waals surface area contributed by atoms with E-state index in [2.05, 4.69) is 35.7 Å². The van der Waals surface area contributed by atoms with Crippen molar-refractivity contribution in [2.45, 2.75) is 76.9 Å². The maximum atomic E-state index is 12.3. The van der Waals surface area contributed by atoms with Crippen LogP contribution in [0.1, 0.15) is 77.2 Å². The van der Waals surface area contributed by atoms with Crippen molar-refractivity contribution < 1.29 is 13.2 Å². The van der Waals surface area contributed by atoms with Crippen molar-refractivity contribution in [3.05, 3.63) is 17.8 Å². The highest BCUT2D eigenvalue weighted by atomic mass is 32.2. The van der Waals surface area contributed by atoms with Gasteiger partial charge in [0.15, 0.2) is 5.65 Å². The highest BCUT2D eigenvalue weighted by Crippen LogP contribution is 2.46. The van der Waals surface area contributed by atoms with Crippen molar-refractivity contribution >= 4 is 21.6 Å². The summed E-state index contributed by atoms with van der Waals surface area (Å²) in [7, 11) is -3.38. The van der Waals surface area contributed by atoms with Gasteiger partial charge in [-0.1, -0.05) is 27.2 Å². The van der Waals surface area contributed by atoms with E-state index in [1.54, 1.807) is 4.40 Å². The van der Waals surface area contributed by atoms with Gasteiger partial charge < -0.3 is 4.74 Å². The Hall–Kier alpha value is -1.83. The Morgan fingerprint density at radius 1 is 1.20 bits per heavy atom. The first-order chi connectivity index (χ1) is 14.2. The van der Waals surface area contributed by atoms with Crippen molar-refractivity contribution in [1.29, 1.82) is 0 Å². The van der Waals surface area contributed by atoms with Gasteiger partial charge >= 0.3 is 0 Å². The molecule has 2 aromatic rings. The fourth-order valence-electron chi connectivity index (χ4n) is 4.78. The predicted molar refractivity (Wildman–Crippen MR) is 116 cm³/mol. The van der Waals surface area contributed by atoms with Crippen LogP contribution < -0.4 is 9.46 Å². The van der Waals surface area contributed by atoms with Gasteiger partial charge in [0, 0.05) is 17.8 Å². The van der Waals surface area contributed by atoms with E-state index in [1.807, 2.05) is 12.3 Å². The first-order valence-corrected chi connectivity index (χ1v) is 12.8. The molecule has 3 saturated carbocycles. The third kappa shape index (κ3) is 3.79. The Labute approximate surface area is 178 Å². The normalized spacial score (nSPS) is 26.6. The van der Waals surface area contributed by atoms with Gasteiger partial charge in [-0.25, -0.2) is 8.42 Å². The average molecular weight is 433 g/mol. The molecular formula is C22H32N4O3S. The van der Waals surface area contributed by atoms with Gasteiger partial charge in [-0.05, 0) is 61.7 Å². The minimum absolute atomic E-state index is 0.271. The van der Waals surface area contributed by atoms with Crippen LogP contribution in [-0.4, -0.2) is 34.9 Å². The van der Waals surface area contributed by atoms with Crippen molar-refractivity contribution in [1.82, 2.24) is 14.6 Å². The molecule has 3 aliphatic rings. The van der Waals surface area contributed by atoms with Gasteiger partial charge in [-0.3, -0.25) is 9.12 Å². The molecule has 2 aromatic heterocycles. The third-order valence-corrected chi connectivity index (χ3v) is 9.35. The summed E-state index contributed by atoms with van der Waals surface area (Å²) in [4.78, 5) is 0. The Kier molecular flexibility index (Phi) is 4.76. The van der Waals surface area contributed by atoms with E-state index < -0.39 is 10.0 Å². The minimum atomic E-state index is -3.38. The van der Waals surface area contributed by atoms with E-state index in [9.17, 15) is 8.42 Å². The lowest BCUT2D eigenvalue weighted by Crippen LogP contribution is -2.35. The fourth-order valence-corrected chi connectivity index (χ4v) is 6.09. The second kappa shape index (κ2) is 7.11. The zero-order valence-electron chi connectivity index (χ0n) is 18.1. The summed E-state index contributed by atoms with van der Waals surface area (Å²) in [6, 6.07) is 1.92. The van der Waals surface area contributed by atoms with Gasteiger partial charge in [0.2, 0.25) is 16.0 Å². The fraction of sp³-hybridized carbons (Fsp3) is 0.727. The number of hydrogen-bond acceptors (Lipinski definition) is 5. The maximum Gasteiger partial charge on any atom is 0.242 e. The van der Waals surface area contributed by atoms with E-state index in [-0.39, 0.29) is 11.2 Å². The second-order valence-corrected chi connectivity index (χ2v) is 12.2. The molecule has 8 heteroatoms. The van der Waals surface area contributed by atoms with Crippen molar-refractivity contribution in [3.63, 3.8) is 0 Å². The van der Waals surface area contributed by atoms with E-state index in [0.29, 0.717) is 41.7 Å². The standard InChI is InChI=1S/C22H32N4O3S/c1-14-16(5-4-10-22(14,2)3)13-29-19-11-20-23-24-21(25-30(27,28)17-8-9-17)26(20)12-18(19)15-6-7-15/h11-12,14-17H,4-10,13H2,1-3H3,(H,24,25). The summed E-state index contributed by atoms with van der Waals surface area (Å²) in [5.41, 5.74) is 2.10. The van der Waals surface area contributed by atoms with Crippen molar-refractivity contribution in [3.8, 4) is 5.75 Å². The number of sulfonamides is 1. The molecule has 3 fully saturated rings. The summed E-state index contributed by atoms with van der Waals surface area (Å²) in [5.74, 6) is 2.80. The molecule has 0 spiro atoms. The van der Waals surface area contributed by atoms with E-state index in [0.717, 1.165) is 30.8 Å². The van der Waals surface area contributed by atoms with E-state index >= 15 is 0 Å². The van der Waals surface area contributed by atoms with Crippen LogP contribution in [0.25, 0.3) is 5.65 Å². The summed E-state index contributed by atoms with van der Waals surface area (Å²) < 4.78 is 35.5. The van der Waals surface area contributed by atoms with Crippen LogP contribution in [0.4, 0.5) is 5.95 Å². The van der Waals surface area contributed by atoms with E-state index in [1.165, 1.54) is 19.3 Å². The molecule has 1 N–H and O–H groups in total. The number of nitrogens with zero attached hydrogens (tertiary/aromatic N) is 3. The van der Waals surface area contributed by atoms with Crippen LogP contribution in [0.15, 0.2) is 12.3 Å². The number of pyridine rings is 1. The van der Waals surface area contributed by atoms with Crippen LogP contribution >= 0.6 is 0 Å². The topological polar surface area (TPSA) is 85.6 Å². The Morgan fingerprint density at radius 2 is 1.97 bits per heavy atom. The van der Waals surface area contributed by atoms with Crippen LogP contribution in [0, 0.1) is 17.3 Å². The monoisotopic (exact) mass is 432 g/mol. The number of rotatable bonds is 7. The van der Waals surface area contributed by atoms with Gasteiger partial charge in [0.1, 0.15) is 5.75 Å². The lowest BCUT2D eigenvalue weighted by Gasteiger charge is -2.42. The highest BCUT2D eigenvalue weighted by Gasteiger charge is 2.38. The number of anilines is 1. The minimum Gasteiger partial charge on any atom is -0.493 e. The number of nitrogens with one attached hydrogen (secondary N) is 1. The Morgan fingerprint density at radius 3 is 2.67 bits per heavy atom. The van der Waals surface area contributed by atoms with Gasteiger partial charge in [-0.15, -0.1) is 10.2 Å². The van der Waals surface area contributed by atoms with E-state index in [4.69, 9.17) is 4.74 Å². The van der Waals surface area contributed by atoms with Crippen LogP contribution in [-0.2, 0) is 10.0 Å². The lowest BCUT2D eigenvalue weighted by molar-refractivity contribution is 0.0566. The van der Waals surface area contributed by atoms with Crippen LogP contribution in [0.5, 0.6) is 5.75 Å². The molecule has 2 unspecified atom stereocenters. The maximum absolute atomic E-state index is 12.3. The molecule has 0 bridgehead atoms. The van der Waals surface area contributed by atoms with Gasteiger partial charge in [0.05, 0.1) is 11.9 Å². The first-order valence-electron chi connectivity index (χ1n) is 11.3. The lowest BCUT2D eigenvalue weighted by atomic mass is 9.65. The summed E-state index contributed by atoms with van der Waals surface area (Å²) >= 11 is 0. The largest absolute Gasteiger partial charge is 0.493 e. The van der Waals surface area contributed by atoms with Crippen LogP contribution in [0.3, 0.4) is 0 Å². The average Bonchev–Trinajstić information content (AvgIpc) is 3.59. The highest BCUT2D eigenvalue weighted by molar-refractivity contribution is 7.93. The predicted octanol–water partition coefficient (Wildman–Crippen LogP) is 4.35. The molecule has 0 radical (unpaired) electrons. The molecule has 5 rings (SSSR count). The molecule has 2 heterocycles. The smallest absolute Gasteiger partial charge is 0.242 e. The zero-order chi connectivity index (χ0) is 21.1. The third-order valence-electron chi connectivity index (χ3n) is 7.54. The number of hydrogen-bond donors (Lipinski definition) is 1. The second-order valence-electron chi connectivity index (χ2n) is 10.2. The van der Waals surface area contributed by atoms with Gasteiger partial charge in [-0.2, -0.15) is 0 Å². The number of aromatic nitrogens is 3. The molecular weight excluding hydrogens is 400 g/mol. The molecule has 164 valence electrons. The van der Waals surface area contributed by atoms with Gasteiger partial charge in [0.25, 0.3) is 0 Å². The molecule has 7 nitrogen and oxygen atoms in total. The zero-order valence-corrected chi connectivity index (χ0v) is 18.9. The van der Waals surface area contributed by atoms with Crippen molar-refractivity contribution in [2.24, 2.45) is 17.3 Å². The first kappa shape index (κ1) is 20.1. The molecule has 2 atom stereocenters. The summed E-state index contributed by atoms with van der Waals surface area (Å²) in [6.45, 7) is 7.81. The summed E-state index contributed by atoms with van der Waals surface area (Å²) in [5, 5.41) is 8.01. The quantitative estimate of drug-likeness (QED) is 0.703. The van der Waals surface area contributed by atoms with Crippen LogP contribution in [0.2, 0.25) is 0 Å². The SMILES string of the molecule is CC1C(COc2cc3nnc(NS(=O)(=O)C4CC4)n3cc2C2CC2)CCCC1(C)C. The Balaban J connectivity index is 1.39. The molecule has 0 amide bonds. The summed E-state index contributed by atoms with van der Waals surface area (Å²) in [6.07, 6.45) is 9.43. The Bertz CT molecular complexity index is 1050. The molecule has 30 heavy (non-hydrogen) atoms. The molecule has 0 saturated heterocycles. The number of ether oxygens (including phenoxy) is 1. The van der Waals surface area contributed by atoms with Crippen molar-refractivity contribution in [2.75, 3.05) is 11.3 Å².